The molecule has 2 aliphatic rings. The summed E-state index contributed by atoms with van der Waals surface area (Å²) in [5.41, 5.74) is -0.810. The van der Waals surface area contributed by atoms with Gasteiger partial charge >= 0.3 is 17.8 Å². The molecule has 1 aromatic rings. The summed E-state index contributed by atoms with van der Waals surface area (Å²) in [5, 5.41) is 7.97. The van der Waals surface area contributed by atoms with Gasteiger partial charge in [-0.1, -0.05) is 37.3 Å². The third kappa shape index (κ3) is 2.32. The smallest absolute Gasteiger partial charge is 0.306 e. The van der Waals surface area contributed by atoms with Crippen molar-refractivity contribution in [3.05, 3.63) is 35.9 Å². The van der Waals surface area contributed by atoms with E-state index in [0.717, 1.165) is 19.5 Å². The number of benzene rings is 1. The highest BCUT2D eigenvalue weighted by molar-refractivity contribution is 6.21. The summed E-state index contributed by atoms with van der Waals surface area (Å²) in [7, 11) is 0. The van der Waals surface area contributed by atoms with E-state index >= 15 is 0 Å². The van der Waals surface area contributed by atoms with E-state index in [1.54, 1.807) is 12.1 Å². The Morgan fingerprint density at radius 1 is 1.00 bits per heavy atom. The lowest BCUT2D eigenvalue weighted by atomic mass is 9.81. The molecule has 3 rings (SSSR count). The topological polar surface area (TPSA) is 87.3 Å². The molecule has 0 saturated carbocycles. The summed E-state index contributed by atoms with van der Waals surface area (Å²) in [6.45, 7) is 5.48. The van der Waals surface area contributed by atoms with Crippen molar-refractivity contribution >= 4 is 17.8 Å². The van der Waals surface area contributed by atoms with Gasteiger partial charge in [0.1, 0.15) is 0 Å². The second kappa shape index (κ2) is 6.33. The van der Waals surface area contributed by atoms with Gasteiger partial charge in [-0.05, 0) is 6.42 Å². The molecule has 0 aromatic heterocycles. The lowest BCUT2D eigenvalue weighted by Crippen LogP contribution is -2.80. The Hall–Kier alpha value is -2.25. The Morgan fingerprint density at radius 3 is 2.12 bits per heavy atom. The molecule has 0 spiro atoms. The van der Waals surface area contributed by atoms with Gasteiger partial charge < -0.3 is 5.32 Å². The van der Waals surface area contributed by atoms with E-state index in [0.29, 0.717) is 29.7 Å². The molecule has 7 nitrogen and oxygen atoms in total. The Morgan fingerprint density at radius 2 is 1.58 bits per heavy atom. The van der Waals surface area contributed by atoms with Gasteiger partial charge in [-0.2, -0.15) is 0 Å². The van der Waals surface area contributed by atoms with Gasteiger partial charge in [-0.25, -0.2) is 4.79 Å². The SMILES string of the molecule is CCC[N+]1(C2(c3ccccc3)C(=O)NC(=O)NC2=O)CCNCC1. The summed E-state index contributed by atoms with van der Waals surface area (Å²) < 4.78 is 0.325. The third-order valence-electron chi connectivity index (χ3n) is 5.10. The van der Waals surface area contributed by atoms with Crippen molar-refractivity contribution in [3.63, 3.8) is 0 Å². The van der Waals surface area contributed by atoms with Crippen LogP contribution in [-0.2, 0) is 15.1 Å². The minimum absolute atomic E-state index is 0.325. The zero-order chi connectivity index (χ0) is 17.2. The molecule has 2 heterocycles. The number of amides is 4. The molecule has 2 saturated heterocycles. The standard InChI is InChI=1S/C17H22N4O3/c1-2-10-21(11-8-18-9-12-21)17(13-6-4-3-5-7-13)14(22)19-16(24)20-15(17)23/h3-7,18H,2,8-12H2,1H3,(H-,19,20,22,23,24)/p+1. The number of hydrogen-bond donors (Lipinski definition) is 3. The first-order valence-corrected chi connectivity index (χ1v) is 8.36. The summed E-state index contributed by atoms with van der Waals surface area (Å²) in [4.78, 5) is 37.8. The minimum atomic E-state index is -1.44. The second-order valence-electron chi connectivity index (χ2n) is 6.38. The summed E-state index contributed by atoms with van der Waals surface area (Å²) in [6, 6.07) is 8.33. The maximum Gasteiger partial charge on any atom is 0.328 e. The van der Waals surface area contributed by atoms with E-state index in [4.69, 9.17) is 0 Å². The van der Waals surface area contributed by atoms with Crippen LogP contribution in [0.4, 0.5) is 4.79 Å². The lowest BCUT2D eigenvalue weighted by Gasteiger charge is -2.53. The van der Waals surface area contributed by atoms with Crippen LogP contribution in [-0.4, -0.2) is 55.1 Å². The van der Waals surface area contributed by atoms with Gasteiger partial charge in [0.25, 0.3) is 5.54 Å². The van der Waals surface area contributed by atoms with Crippen LogP contribution in [0.3, 0.4) is 0 Å². The Balaban J connectivity index is 2.23. The highest BCUT2D eigenvalue weighted by atomic mass is 16.2. The maximum absolute atomic E-state index is 13.1. The monoisotopic (exact) mass is 331 g/mol. The van der Waals surface area contributed by atoms with E-state index in [9.17, 15) is 14.4 Å². The first-order chi connectivity index (χ1) is 11.6. The number of nitrogens with one attached hydrogen (secondary N) is 3. The molecule has 24 heavy (non-hydrogen) atoms. The molecule has 128 valence electrons. The van der Waals surface area contributed by atoms with E-state index in [1.807, 2.05) is 25.1 Å². The molecule has 0 atom stereocenters. The van der Waals surface area contributed by atoms with Gasteiger partial charge in [-0.15, -0.1) is 0 Å². The molecule has 0 aliphatic carbocycles. The third-order valence-corrected chi connectivity index (χ3v) is 5.10. The van der Waals surface area contributed by atoms with Gasteiger partial charge in [0, 0.05) is 18.7 Å². The van der Waals surface area contributed by atoms with Crippen molar-refractivity contribution in [2.24, 2.45) is 0 Å². The van der Waals surface area contributed by atoms with Gasteiger partial charge in [0.05, 0.1) is 19.6 Å². The summed E-state index contributed by atoms with van der Waals surface area (Å²) in [5.74, 6) is -1.06. The zero-order valence-electron chi connectivity index (χ0n) is 13.8. The molecule has 2 aliphatic heterocycles. The molecule has 0 bridgehead atoms. The van der Waals surface area contributed by atoms with Crippen molar-refractivity contribution in [2.75, 3.05) is 32.7 Å². The van der Waals surface area contributed by atoms with Crippen molar-refractivity contribution < 1.29 is 18.9 Å². The quantitative estimate of drug-likeness (QED) is 0.539. The van der Waals surface area contributed by atoms with Crippen LogP contribution >= 0.6 is 0 Å². The number of urea groups is 1. The molecule has 0 radical (unpaired) electrons. The fourth-order valence-electron chi connectivity index (χ4n) is 4.15. The summed E-state index contributed by atoms with van der Waals surface area (Å²) >= 11 is 0. The van der Waals surface area contributed by atoms with E-state index in [-0.39, 0.29) is 0 Å². The number of carbonyl (C=O) groups excluding carboxylic acids is 3. The molecular formula is C17H23N4O3+. The number of quaternary nitrogens is 1. The van der Waals surface area contributed by atoms with E-state index in [2.05, 4.69) is 16.0 Å². The number of barbiturate groups is 1. The average molecular weight is 331 g/mol. The van der Waals surface area contributed by atoms with Gasteiger partial charge in [-0.3, -0.25) is 24.7 Å². The average Bonchev–Trinajstić information content (AvgIpc) is 2.56. The highest BCUT2D eigenvalue weighted by Gasteiger charge is 2.66. The number of carbonyl (C=O) groups is 3. The number of hydrogen-bond acceptors (Lipinski definition) is 4. The molecule has 0 unspecified atom stereocenters. The Labute approximate surface area is 141 Å². The Bertz CT molecular complexity index is 628. The number of nitrogens with zero attached hydrogens (tertiary/aromatic N) is 1. The predicted molar refractivity (Wildman–Crippen MR) is 87.8 cm³/mol. The van der Waals surface area contributed by atoms with Crippen molar-refractivity contribution in [1.82, 2.24) is 16.0 Å². The first-order valence-electron chi connectivity index (χ1n) is 8.36. The first kappa shape index (κ1) is 16.6. The number of piperazine rings is 1. The fraction of sp³-hybridized carbons (Fsp3) is 0.471. The van der Waals surface area contributed by atoms with Crippen LogP contribution in [0.15, 0.2) is 30.3 Å². The lowest BCUT2D eigenvalue weighted by molar-refractivity contribution is -0.965. The number of rotatable bonds is 4. The van der Waals surface area contributed by atoms with Crippen LogP contribution in [0, 0.1) is 0 Å². The van der Waals surface area contributed by atoms with Gasteiger partial charge in [0.2, 0.25) is 0 Å². The van der Waals surface area contributed by atoms with Crippen molar-refractivity contribution in [3.8, 4) is 0 Å². The summed E-state index contributed by atoms with van der Waals surface area (Å²) in [6.07, 6.45) is 0.836. The van der Waals surface area contributed by atoms with Crippen molar-refractivity contribution in [1.29, 1.82) is 0 Å². The van der Waals surface area contributed by atoms with E-state index < -0.39 is 23.4 Å². The van der Waals surface area contributed by atoms with Crippen LogP contribution in [0.2, 0.25) is 0 Å². The van der Waals surface area contributed by atoms with Crippen LogP contribution in [0.5, 0.6) is 0 Å². The highest BCUT2D eigenvalue weighted by Crippen LogP contribution is 2.38. The molecule has 7 heteroatoms. The van der Waals surface area contributed by atoms with Gasteiger partial charge in [0.15, 0.2) is 0 Å². The second-order valence-corrected chi connectivity index (χ2v) is 6.38. The van der Waals surface area contributed by atoms with Crippen LogP contribution in [0.1, 0.15) is 18.9 Å². The van der Waals surface area contributed by atoms with E-state index in [1.165, 1.54) is 0 Å². The van der Waals surface area contributed by atoms with Crippen LogP contribution in [0.25, 0.3) is 0 Å². The molecule has 4 amide bonds. The minimum Gasteiger partial charge on any atom is -0.306 e. The van der Waals surface area contributed by atoms with Crippen LogP contribution < -0.4 is 16.0 Å². The normalized spacial score (nSPS) is 22.6. The largest absolute Gasteiger partial charge is 0.328 e. The molecule has 1 aromatic carbocycles. The number of imide groups is 2. The van der Waals surface area contributed by atoms with Crippen molar-refractivity contribution in [2.45, 2.75) is 18.9 Å². The molecule has 2 fully saturated rings. The maximum atomic E-state index is 13.1. The predicted octanol–water partition coefficient (Wildman–Crippen LogP) is 0.0779. The fourth-order valence-corrected chi connectivity index (χ4v) is 4.15. The molecule has 3 N–H and O–H groups in total. The Kier molecular flexibility index (Phi) is 4.38. The molecular weight excluding hydrogens is 308 g/mol. The zero-order valence-corrected chi connectivity index (χ0v) is 13.8.